The molecule has 6 nitrogen and oxygen atoms in total. The van der Waals surface area contributed by atoms with Crippen LogP contribution in [0.1, 0.15) is 33.2 Å². The van der Waals surface area contributed by atoms with Gasteiger partial charge in [-0.1, -0.05) is 24.3 Å². The predicted molar refractivity (Wildman–Crippen MR) is 96.9 cm³/mol. The van der Waals surface area contributed by atoms with Crippen LogP contribution in [0.3, 0.4) is 0 Å². The smallest absolute Gasteiger partial charge is 0.330 e. The molecule has 3 rings (SSSR count). The van der Waals surface area contributed by atoms with E-state index in [1.807, 2.05) is 24.3 Å². The number of benzene rings is 2. The Morgan fingerprint density at radius 2 is 1.69 bits per heavy atom. The minimum Gasteiger partial charge on any atom is -0.497 e. The zero-order valence-corrected chi connectivity index (χ0v) is 14.5. The minimum atomic E-state index is -0.333. The highest BCUT2D eigenvalue weighted by Gasteiger charge is 2.25. The largest absolute Gasteiger partial charge is 0.497 e. The van der Waals surface area contributed by atoms with Crippen molar-refractivity contribution in [1.29, 1.82) is 0 Å². The third-order valence-electron chi connectivity index (χ3n) is 3.44. The molecule has 1 aliphatic heterocycles. The number of hydrogen-bond acceptors (Lipinski definition) is 5. The van der Waals surface area contributed by atoms with Gasteiger partial charge in [-0.15, -0.1) is 0 Å². The van der Waals surface area contributed by atoms with Crippen LogP contribution in [-0.2, 0) is 9.53 Å². The van der Waals surface area contributed by atoms with Crippen LogP contribution in [0, 0.1) is 0 Å². The number of methoxy groups -OCH3 is 1. The Hall–Kier alpha value is -3.41. The van der Waals surface area contributed by atoms with Gasteiger partial charge in [0.25, 0.3) is 11.8 Å². The van der Waals surface area contributed by atoms with Crippen molar-refractivity contribution in [3.8, 4) is 5.75 Å². The number of esters is 1. The quantitative estimate of drug-likeness (QED) is 0.519. The van der Waals surface area contributed by atoms with Gasteiger partial charge in [-0.2, -0.15) is 0 Å². The molecule has 2 aromatic rings. The molecule has 0 aromatic heterocycles. The molecule has 2 aromatic carbocycles. The first kappa shape index (κ1) is 18.9. The summed E-state index contributed by atoms with van der Waals surface area (Å²) in [7, 11) is 1.61. The van der Waals surface area contributed by atoms with Crippen LogP contribution in [0.2, 0.25) is 0 Å². The van der Waals surface area contributed by atoms with Crippen molar-refractivity contribution in [2.24, 2.45) is 0 Å². The zero-order valence-electron chi connectivity index (χ0n) is 14.5. The Morgan fingerprint density at radius 1 is 1.04 bits per heavy atom. The lowest BCUT2D eigenvalue weighted by molar-refractivity contribution is -0.137. The molecule has 0 atom stereocenters. The summed E-state index contributed by atoms with van der Waals surface area (Å²) in [4.78, 5) is 32.9. The molecule has 0 aliphatic carbocycles. The lowest BCUT2D eigenvalue weighted by Gasteiger charge is -2.00. The third-order valence-corrected chi connectivity index (χ3v) is 3.44. The van der Waals surface area contributed by atoms with E-state index in [-0.39, 0.29) is 17.8 Å². The summed E-state index contributed by atoms with van der Waals surface area (Å²) in [5, 5.41) is 2.20. The first-order valence-electron chi connectivity index (χ1n) is 7.98. The fourth-order valence-corrected chi connectivity index (χ4v) is 2.22. The fourth-order valence-electron chi connectivity index (χ4n) is 2.22. The molecule has 1 N–H and O–H groups in total. The Balaban J connectivity index is 0.000000195. The molecule has 0 fully saturated rings. The molecule has 0 unspecified atom stereocenters. The van der Waals surface area contributed by atoms with E-state index in [1.54, 1.807) is 44.4 Å². The lowest BCUT2D eigenvalue weighted by Crippen LogP contribution is -2.19. The highest BCUT2D eigenvalue weighted by atomic mass is 16.5. The molecule has 2 amide bonds. The first-order valence-corrected chi connectivity index (χ1v) is 7.98. The summed E-state index contributed by atoms with van der Waals surface area (Å²) in [5.41, 5.74) is 1.84. The highest BCUT2D eigenvalue weighted by molar-refractivity contribution is 6.21. The number of carbonyl (C=O) groups excluding carboxylic acids is 3. The first-order chi connectivity index (χ1) is 12.5. The van der Waals surface area contributed by atoms with Gasteiger partial charge in [0.05, 0.1) is 24.8 Å². The number of rotatable bonds is 4. The SMILES string of the molecule is CCOC(=O)C=Cc1cccc(OC)c1.O=C1NC(=O)c2ccccc21. The van der Waals surface area contributed by atoms with Gasteiger partial charge in [0.15, 0.2) is 0 Å². The van der Waals surface area contributed by atoms with Crippen molar-refractivity contribution in [3.63, 3.8) is 0 Å². The number of ether oxygens (including phenoxy) is 2. The summed E-state index contributed by atoms with van der Waals surface area (Å²) >= 11 is 0. The van der Waals surface area contributed by atoms with Gasteiger partial charge in [0, 0.05) is 6.08 Å². The van der Waals surface area contributed by atoms with E-state index < -0.39 is 0 Å². The van der Waals surface area contributed by atoms with Crippen molar-refractivity contribution in [2.45, 2.75) is 6.92 Å². The lowest BCUT2D eigenvalue weighted by atomic mass is 10.1. The summed E-state index contributed by atoms with van der Waals surface area (Å²) < 4.78 is 9.82. The standard InChI is InChI=1S/C12H14O3.C8H5NO2/c1-3-15-12(13)8-7-10-5-4-6-11(9-10)14-2;10-7-5-3-1-2-4-6(5)8(11)9-7/h4-9H,3H2,1-2H3;1-4H,(H,9,10,11). The summed E-state index contributed by atoms with van der Waals surface area (Å²) in [6.45, 7) is 2.17. The van der Waals surface area contributed by atoms with E-state index in [4.69, 9.17) is 9.47 Å². The Kier molecular flexibility index (Phi) is 6.68. The number of amides is 2. The van der Waals surface area contributed by atoms with E-state index in [9.17, 15) is 14.4 Å². The average Bonchev–Trinajstić information content (AvgIpc) is 2.95. The number of imide groups is 1. The van der Waals surface area contributed by atoms with E-state index >= 15 is 0 Å². The molecule has 26 heavy (non-hydrogen) atoms. The fraction of sp³-hybridized carbons (Fsp3) is 0.150. The number of fused-ring (bicyclic) bond motifs is 1. The minimum absolute atomic E-state index is 0.300. The molecule has 0 spiro atoms. The second kappa shape index (κ2) is 9.17. The normalized spacial score (nSPS) is 12.1. The van der Waals surface area contributed by atoms with Gasteiger partial charge in [-0.05, 0) is 42.8 Å². The van der Waals surface area contributed by atoms with Crippen molar-refractivity contribution in [3.05, 3.63) is 71.3 Å². The van der Waals surface area contributed by atoms with Crippen molar-refractivity contribution < 1.29 is 23.9 Å². The molecule has 6 heteroatoms. The van der Waals surface area contributed by atoms with Crippen LogP contribution < -0.4 is 10.1 Å². The Morgan fingerprint density at radius 3 is 2.27 bits per heavy atom. The molecule has 1 heterocycles. The van der Waals surface area contributed by atoms with Gasteiger partial charge in [0.1, 0.15) is 5.75 Å². The van der Waals surface area contributed by atoms with Gasteiger partial charge in [-0.25, -0.2) is 4.79 Å². The van der Waals surface area contributed by atoms with Crippen LogP contribution in [0.4, 0.5) is 0 Å². The van der Waals surface area contributed by atoms with Crippen LogP contribution >= 0.6 is 0 Å². The van der Waals surface area contributed by atoms with Gasteiger partial charge in [-0.3, -0.25) is 14.9 Å². The maximum atomic E-state index is 11.0. The Labute approximate surface area is 151 Å². The highest BCUT2D eigenvalue weighted by Crippen LogP contribution is 2.14. The Bertz CT molecular complexity index is 809. The molecule has 0 bridgehead atoms. The van der Waals surface area contributed by atoms with Crippen LogP contribution in [0.25, 0.3) is 6.08 Å². The summed E-state index contributed by atoms with van der Waals surface area (Å²) in [6, 6.07) is 14.2. The molecule has 1 aliphatic rings. The topological polar surface area (TPSA) is 81.7 Å². The molecule has 0 radical (unpaired) electrons. The summed E-state index contributed by atoms with van der Waals surface area (Å²) in [5.74, 6) is -0.169. The number of hydrogen-bond donors (Lipinski definition) is 1. The maximum absolute atomic E-state index is 11.0. The molecule has 0 saturated heterocycles. The molecular formula is C20H19NO5. The molecule has 0 saturated carbocycles. The van der Waals surface area contributed by atoms with E-state index in [0.29, 0.717) is 17.7 Å². The van der Waals surface area contributed by atoms with Crippen molar-refractivity contribution in [1.82, 2.24) is 5.32 Å². The van der Waals surface area contributed by atoms with Crippen LogP contribution in [0.15, 0.2) is 54.6 Å². The van der Waals surface area contributed by atoms with Gasteiger partial charge >= 0.3 is 5.97 Å². The third kappa shape index (κ3) is 5.04. The molecular weight excluding hydrogens is 334 g/mol. The summed E-state index contributed by atoms with van der Waals surface area (Å²) in [6.07, 6.45) is 3.10. The van der Waals surface area contributed by atoms with E-state index in [2.05, 4.69) is 5.32 Å². The van der Waals surface area contributed by atoms with Crippen LogP contribution in [-0.4, -0.2) is 31.5 Å². The van der Waals surface area contributed by atoms with Crippen molar-refractivity contribution >= 4 is 23.9 Å². The van der Waals surface area contributed by atoms with Gasteiger partial charge in [0.2, 0.25) is 0 Å². The number of carbonyl (C=O) groups is 3. The van der Waals surface area contributed by atoms with E-state index in [0.717, 1.165) is 11.3 Å². The van der Waals surface area contributed by atoms with Crippen LogP contribution in [0.5, 0.6) is 5.75 Å². The second-order valence-corrected chi connectivity index (χ2v) is 5.19. The van der Waals surface area contributed by atoms with Crippen molar-refractivity contribution in [2.75, 3.05) is 13.7 Å². The maximum Gasteiger partial charge on any atom is 0.330 e. The van der Waals surface area contributed by atoms with Gasteiger partial charge < -0.3 is 9.47 Å². The number of nitrogens with one attached hydrogen (secondary N) is 1. The predicted octanol–water partition coefficient (Wildman–Crippen LogP) is 2.84. The molecule has 134 valence electrons. The average molecular weight is 353 g/mol. The van der Waals surface area contributed by atoms with E-state index in [1.165, 1.54) is 6.08 Å². The monoisotopic (exact) mass is 353 g/mol. The zero-order chi connectivity index (χ0) is 18.9. The second-order valence-electron chi connectivity index (χ2n) is 5.19.